The predicted molar refractivity (Wildman–Crippen MR) is 120 cm³/mol. The summed E-state index contributed by atoms with van der Waals surface area (Å²) in [5.74, 6) is 1.17. The zero-order valence-electron chi connectivity index (χ0n) is 17.3. The number of para-hydroxylation sites is 2. The summed E-state index contributed by atoms with van der Waals surface area (Å²) in [5, 5.41) is 3.40. The lowest BCUT2D eigenvalue weighted by Crippen LogP contribution is -2.09. The van der Waals surface area contributed by atoms with Gasteiger partial charge >= 0.3 is 10.1 Å². The summed E-state index contributed by atoms with van der Waals surface area (Å²) in [6.45, 7) is 5.32. The molecule has 0 fully saturated rings. The molecule has 158 valence electrons. The van der Waals surface area contributed by atoms with E-state index in [9.17, 15) is 8.42 Å². The molecule has 6 heteroatoms. The number of aryl methyl sites for hydroxylation is 2. The molecule has 0 bridgehead atoms. The third-order valence-electron chi connectivity index (χ3n) is 4.58. The maximum absolute atomic E-state index is 12.4. The number of ether oxygens (including phenoxy) is 1. The van der Waals surface area contributed by atoms with Gasteiger partial charge in [-0.1, -0.05) is 42.0 Å². The van der Waals surface area contributed by atoms with Crippen molar-refractivity contribution in [3.63, 3.8) is 0 Å². The van der Waals surface area contributed by atoms with Crippen LogP contribution in [0.2, 0.25) is 0 Å². The summed E-state index contributed by atoms with van der Waals surface area (Å²) in [5.41, 5.74) is 3.11. The molecule has 0 amide bonds. The van der Waals surface area contributed by atoms with Crippen molar-refractivity contribution in [2.75, 3.05) is 18.5 Å². The molecular weight excluding hydrogens is 398 g/mol. The lowest BCUT2D eigenvalue weighted by atomic mass is 10.1. The van der Waals surface area contributed by atoms with Gasteiger partial charge in [-0.2, -0.15) is 8.42 Å². The van der Waals surface area contributed by atoms with E-state index >= 15 is 0 Å². The average molecular weight is 426 g/mol. The van der Waals surface area contributed by atoms with E-state index in [1.165, 1.54) is 0 Å². The molecule has 0 aromatic heterocycles. The van der Waals surface area contributed by atoms with Crippen LogP contribution >= 0.6 is 0 Å². The lowest BCUT2D eigenvalue weighted by molar-refractivity contribution is 0.341. The Morgan fingerprint density at radius 2 is 1.60 bits per heavy atom. The van der Waals surface area contributed by atoms with Crippen LogP contribution in [0.5, 0.6) is 11.5 Å². The summed E-state index contributed by atoms with van der Waals surface area (Å²) < 4.78 is 35.6. The molecule has 3 aromatic rings. The predicted octanol–water partition coefficient (Wildman–Crippen LogP) is 5.21. The quantitative estimate of drug-likeness (QED) is 0.357. The summed E-state index contributed by atoms with van der Waals surface area (Å²) in [6.07, 6.45) is 1.80. The van der Waals surface area contributed by atoms with Crippen molar-refractivity contribution in [2.45, 2.75) is 31.6 Å². The van der Waals surface area contributed by atoms with Gasteiger partial charge in [-0.25, -0.2) is 0 Å². The van der Waals surface area contributed by atoms with Crippen molar-refractivity contribution < 1.29 is 17.3 Å². The first-order chi connectivity index (χ1) is 14.5. The SMILES string of the molecule is CCOc1ccccc1NCCCc1ccc(OS(=O)(=O)c2ccc(C)cc2)cc1. The van der Waals surface area contributed by atoms with E-state index in [1.807, 2.05) is 50.2 Å². The van der Waals surface area contributed by atoms with E-state index in [-0.39, 0.29) is 4.90 Å². The Morgan fingerprint density at radius 3 is 2.30 bits per heavy atom. The number of nitrogens with one attached hydrogen (secondary N) is 1. The molecule has 0 atom stereocenters. The first-order valence-electron chi connectivity index (χ1n) is 10.0. The van der Waals surface area contributed by atoms with Crippen LogP contribution in [0.15, 0.2) is 77.7 Å². The monoisotopic (exact) mass is 425 g/mol. The smallest absolute Gasteiger partial charge is 0.339 e. The van der Waals surface area contributed by atoms with E-state index in [0.29, 0.717) is 12.4 Å². The second-order valence-corrected chi connectivity index (χ2v) is 8.50. The van der Waals surface area contributed by atoms with Gasteiger partial charge in [0.1, 0.15) is 16.4 Å². The molecule has 0 heterocycles. The molecule has 3 rings (SSSR count). The van der Waals surface area contributed by atoms with Crippen molar-refractivity contribution in [3.05, 3.63) is 83.9 Å². The number of rotatable bonds is 10. The molecule has 5 nitrogen and oxygen atoms in total. The minimum Gasteiger partial charge on any atom is -0.492 e. The summed E-state index contributed by atoms with van der Waals surface area (Å²) >= 11 is 0. The summed E-state index contributed by atoms with van der Waals surface area (Å²) in [7, 11) is -3.83. The normalized spacial score (nSPS) is 11.1. The van der Waals surface area contributed by atoms with Gasteiger partial charge < -0.3 is 14.2 Å². The Kier molecular flexibility index (Phi) is 7.36. The van der Waals surface area contributed by atoms with Crippen LogP contribution < -0.4 is 14.2 Å². The number of benzene rings is 3. The molecule has 0 spiro atoms. The zero-order valence-corrected chi connectivity index (χ0v) is 18.1. The Hall–Kier alpha value is -2.99. The maximum atomic E-state index is 12.4. The molecular formula is C24H27NO4S. The standard InChI is InChI=1S/C24H27NO4S/c1-3-28-24-9-5-4-8-23(24)25-18-6-7-20-12-14-21(15-13-20)29-30(26,27)22-16-10-19(2)11-17-22/h4-5,8-17,25H,3,6-7,18H2,1-2H3. The third-order valence-corrected chi connectivity index (χ3v) is 5.84. The highest BCUT2D eigenvalue weighted by Gasteiger charge is 2.16. The number of hydrogen-bond donors (Lipinski definition) is 1. The first kappa shape index (κ1) is 21.7. The molecule has 0 aliphatic carbocycles. The van der Waals surface area contributed by atoms with Gasteiger partial charge in [0.05, 0.1) is 12.3 Å². The van der Waals surface area contributed by atoms with E-state index in [2.05, 4.69) is 5.32 Å². The lowest BCUT2D eigenvalue weighted by Gasteiger charge is -2.12. The van der Waals surface area contributed by atoms with Crippen LogP contribution in [-0.4, -0.2) is 21.6 Å². The molecule has 3 aromatic carbocycles. The van der Waals surface area contributed by atoms with Gasteiger partial charge in [0.2, 0.25) is 0 Å². The highest BCUT2D eigenvalue weighted by atomic mass is 32.2. The summed E-state index contributed by atoms with van der Waals surface area (Å²) in [6, 6.07) is 21.7. The number of anilines is 1. The van der Waals surface area contributed by atoms with Crippen molar-refractivity contribution in [3.8, 4) is 11.5 Å². The van der Waals surface area contributed by atoms with Crippen LogP contribution in [-0.2, 0) is 16.5 Å². The number of hydrogen-bond acceptors (Lipinski definition) is 5. The van der Waals surface area contributed by atoms with E-state index in [1.54, 1.807) is 36.4 Å². The Labute approximate surface area is 178 Å². The molecule has 0 aliphatic heterocycles. The Bertz CT molecular complexity index is 1050. The third kappa shape index (κ3) is 6.00. The molecule has 0 unspecified atom stereocenters. The largest absolute Gasteiger partial charge is 0.492 e. The van der Waals surface area contributed by atoms with Crippen LogP contribution in [0.3, 0.4) is 0 Å². The fraction of sp³-hybridized carbons (Fsp3) is 0.250. The highest BCUT2D eigenvalue weighted by molar-refractivity contribution is 7.87. The highest BCUT2D eigenvalue weighted by Crippen LogP contribution is 2.24. The van der Waals surface area contributed by atoms with Gasteiger partial charge in [0.25, 0.3) is 0 Å². The van der Waals surface area contributed by atoms with Gasteiger partial charge in [-0.05, 0) is 68.7 Å². The zero-order chi connectivity index (χ0) is 21.4. The van der Waals surface area contributed by atoms with Crippen LogP contribution in [0, 0.1) is 6.92 Å². The van der Waals surface area contributed by atoms with Crippen molar-refractivity contribution in [1.82, 2.24) is 0 Å². The minimum absolute atomic E-state index is 0.149. The minimum atomic E-state index is -3.83. The molecule has 0 radical (unpaired) electrons. The van der Waals surface area contributed by atoms with Gasteiger partial charge in [0.15, 0.2) is 0 Å². The van der Waals surface area contributed by atoms with Crippen LogP contribution in [0.25, 0.3) is 0 Å². The van der Waals surface area contributed by atoms with E-state index < -0.39 is 10.1 Å². The van der Waals surface area contributed by atoms with Crippen molar-refractivity contribution >= 4 is 15.8 Å². The summed E-state index contributed by atoms with van der Waals surface area (Å²) in [4.78, 5) is 0.149. The van der Waals surface area contributed by atoms with Crippen LogP contribution in [0.4, 0.5) is 5.69 Å². The fourth-order valence-electron chi connectivity index (χ4n) is 3.00. The van der Waals surface area contributed by atoms with Gasteiger partial charge in [0, 0.05) is 6.54 Å². The van der Waals surface area contributed by atoms with Gasteiger partial charge in [-0.3, -0.25) is 0 Å². The van der Waals surface area contributed by atoms with Crippen molar-refractivity contribution in [1.29, 1.82) is 0 Å². The molecule has 0 saturated heterocycles. The first-order valence-corrected chi connectivity index (χ1v) is 11.4. The Balaban J connectivity index is 1.51. The fourth-order valence-corrected chi connectivity index (χ4v) is 3.93. The second kappa shape index (κ2) is 10.2. The van der Waals surface area contributed by atoms with E-state index in [0.717, 1.165) is 42.0 Å². The average Bonchev–Trinajstić information content (AvgIpc) is 2.74. The van der Waals surface area contributed by atoms with Crippen molar-refractivity contribution in [2.24, 2.45) is 0 Å². The van der Waals surface area contributed by atoms with Crippen LogP contribution in [0.1, 0.15) is 24.5 Å². The van der Waals surface area contributed by atoms with E-state index in [4.69, 9.17) is 8.92 Å². The maximum Gasteiger partial charge on any atom is 0.339 e. The second-order valence-electron chi connectivity index (χ2n) is 6.95. The topological polar surface area (TPSA) is 64.6 Å². The van der Waals surface area contributed by atoms with Gasteiger partial charge in [-0.15, -0.1) is 0 Å². The molecule has 1 N–H and O–H groups in total. The molecule has 0 saturated carbocycles. The Morgan fingerprint density at radius 1 is 0.900 bits per heavy atom. The molecule has 0 aliphatic rings. The molecule has 30 heavy (non-hydrogen) atoms.